The van der Waals surface area contributed by atoms with E-state index < -0.39 is 12.1 Å². The number of aliphatic hydroxyl groups is 1. The molecular formula is C22H22F3NO4. The summed E-state index contributed by atoms with van der Waals surface area (Å²) >= 11 is 0. The van der Waals surface area contributed by atoms with Crippen molar-refractivity contribution in [2.45, 2.75) is 31.6 Å². The number of furan rings is 1. The molecule has 0 radical (unpaired) electrons. The predicted octanol–water partition coefficient (Wildman–Crippen LogP) is 4.69. The Morgan fingerprint density at radius 3 is 2.53 bits per heavy atom. The third-order valence-corrected chi connectivity index (χ3v) is 4.98. The summed E-state index contributed by atoms with van der Waals surface area (Å²) in [6.45, 7) is 2.21. The van der Waals surface area contributed by atoms with Gasteiger partial charge in [0.1, 0.15) is 11.3 Å². The van der Waals surface area contributed by atoms with Crippen LogP contribution in [0, 0.1) is 0 Å². The van der Waals surface area contributed by atoms with E-state index in [1.165, 1.54) is 12.0 Å². The Labute approximate surface area is 171 Å². The molecule has 1 saturated heterocycles. The van der Waals surface area contributed by atoms with Crippen LogP contribution in [-0.2, 0) is 11.3 Å². The van der Waals surface area contributed by atoms with Gasteiger partial charge < -0.3 is 14.6 Å². The van der Waals surface area contributed by atoms with Crippen LogP contribution in [0.3, 0.4) is 0 Å². The third-order valence-electron chi connectivity index (χ3n) is 4.98. The van der Waals surface area contributed by atoms with E-state index in [0.717, 1.165) is 41.8 Å². The Bertz CT molecular complexity index is 966. The van der Waals surface area contributed by atoms with Crippen LogP contribution < -0.4 is 0 Å². The number of likely N-dealkylation sites (tertiary alicyclic amines) is 1. The highest BCUT2D eigenvalue weighted by Crippen LogP contribution is 2.29. The monoisotopic (exact) mass is 421 g/mol. The van der Waals surface area contributed by atoms with Gasteiger partial charge in [0, 0.05) is 23.5 Å². The number of carboxylic acid groups (broad SMARTS) is 1. The second-order valence-electron chi connectivity index (χ2n) is 7.10. The van der Waals surface area contributed by atoms with Crippen LogP contribution in [0.2, 0.25) is 0 Å². The fourth-order valence-corrected chi connectivity index (χ4v) is 3.49. The number of hydrogen-bond acceptors (Lipinski definition) is 4. The van der Waals surface area contributed by atoms with Gasteiger partial charge in [-0.2, -0.15) is 13.2 Å². The lowest BCUT2D eigenvalue weighted by Crippen LogP contribution is -2.31. The Hall–Kier alpha value is -2.84. The Morgan fingerprint density at radius 1 is 1.13 bits per heavy atom. The zero-order valence-corrected chi connectivity index (χ0v) is 16.1. The number of hydrogen-bond donors (Lipinski definition) is 2. The van der Waals surface area contributed by atoms with Gasteiger partial charge in [0.2, 0.25) is 0 Å². The number of aliphatic hydroxyl groups excluding tert-OH is 1. The SMILES string of the molecule is O=C(O)C(F)(F)F.OC[C@@H]1CCCN1Cc1cccc(-c2cc3ccccc3o2)c1. The van der Waals surface area contributed by atoms with Crippen LogP contribution in [0.5, 0.6) is 0 Å². The van der Waals surface area contributed by atoms with Gasteiger partial charge in [-0.15, -0.1) is 0 Å². The minimum absolute atomic E-state index is 0.253. The Morgan fingerprint density at radius 2 is 1.87 bits per heavy atom. The van der Waals surface area contributed by atoms with Gasteiger partial charge >= 0.3 is 12.1 Å². The molecule has 1 aromatic heterocycles. The van der Waals surface area contributed by atoms with Gasteiger partial charge in [-0.25, -0.2) is 4.79 Å². The summed E-state index contributed by atoms with van der Waals surface area (Å²) in [6.07, 6.45) is -2.81. The van der Waals surface area contributed by atoms with Crippen molar-refractivity contribution in [2.75, 3.05) is 13.2 Å². The van der Waals surface area contributed by atoms with Crippen molar-refractivity contribution in [1.29, 1.82) is 0 Å². The summed E-state index contributed by atoms with van der Waals surface area (Å²) in [5, 5.41) is 17.7. The van der Waals surface area contributed by atoms with Crippen LogP contribution in [0.4, 0.5) is 13.2 Å². The fourth-order valence-electron chi connectivity index (χ4n) is 3.49. The molecular weight excluding hydrogens is 399 g/mol. The topological polar surface area (TPSA) is 73.9 Å². The first-order valence-electron chi connectivity index (χ1n) is 9.51. The Balaban J connectivity index is 0.000000318. The predicted molar refractivity (Wildman–Crippen MR) is 106 cm³/mol. The first-order valence-corrected chi connectivity index (χ1v) is 9.51. The van der Waals surface area contributed by atoms with Gasteiger partial charge in [0.25, 0.3) is 0 Å². The number of alkyl halides is 3. The standard InChI is InChI=1S/C20H21NO2.C2HF3O2/c22-14-18-8-4-10-21(18)13-15-5-3-7-16(11-15)20-12-17-6-1-2-9-19(17)23-20;3-2(4,5)1(6)7/h1-3,5-7,9,11-12,18,22H,4,8,10,13-14H2;(H,6,7)/t18-;/m0./s1. The zero-order valence-electron chi connectivity index (χ0n) is 16.1. The smallest absolute Gasteiger partial charge is 0.475 e. The van der Waals surface area contributed by atoms with Crippen molar-refractivity contribution in [3.63, 3.8) is 0 Å². The number of aliphatic carboxylic acids is 1. The molecule has 0 amide bonds. The normalized spacial score (nSPS) is 17.0. The lowest BCUT2D eigenvalue weighted by atomic mass is 10.1. The number of para-hydroxylation sites is 1. The molecule has 0 unspecified atom stereocenters. The molecule has 30 heavy (non-hydrogen) atoms. The number of benzene rings is 2. The summed E-state index contributed by atoms with van der Waals surface area (Å²) in [5.41, 5.74) is 3.30. The van der Waals surface area contributed by atoms with Crippen molar-refractivity contribution in [3.8, 4) is 11.3 Å². The molecule has 2 heterocycles. The van der Waals surface area contributed by atoms with Gasteiger partial charge in [0.05, 0.1) is 6.61 Å². The summed E-state index contributed by atoms with van der Waals surface area (Å²) < 4.78 is 37.7. The van der Waals surface area contributed by atoms with Gasteiger partial charge in [-0.3, -0.25) is 4.90 Å². The zero-order chi connectivity index (χ0) is 21.7. The summed E-state index contributed by atoms with van der Waals surface area (Å²) in [7, 11) is 0. The lowest BCUT2D eigenvalue weighted by molar-refractivity contribution is -0.192. The first kappa shape index (κ1) is 21.9. The summed E-state index contributed by atoms with van der Waals surface area (Å²) in [6, 6.07) is 19.0. The molecule has 3 aromatic rings. The van der Waals surface area contributed by atoms with Crippen LogP contribution in [0.1, 0.15) is 18.4 Å². The minimum Gasteiger partial charge on any atom is -0.475 e. The number of rotatable bonds is 4. The number of nitrogens with zero attached hydrogens (tertiary/aromatic N) is 1. The van der Waals surface area contributed by atoms with Crippen LogP contribution >= 0.6 is 0 Å². The molecule has 4 rings (SSSR count). The molecule has 0 bridgehead atoms. The maximum absolute atomic E-state index is 10.6. The summed E-state index contributed by atoms with van der Waals surface area (Å²) in [5.74, 6) is -1.85. The molecule has 1 fully saturated rings. The maximum Gasteiger partial charge on any atom is 0.490 e. The highest BCUT2D eigenvalue weighted by Gasteiger charge is 2.38. The summed E-state index contributed by atoms with van der Waals surface area (Å²) in [4.78, 5) is 11.3. The average molecular weight is 421 g/mol. The molecule has 0 saturated carbocycles. The second-order valence-corrected chi connectivity index (χ2v) is 7.10. The number of fused-ring (bicyclic) bond motifs is 1. The molecule has 160 valence electrons. The van der Waals surface area contributed by atoms with E-state index in [0.29, 0.717) is 6.04 Å². The minimum atomic E-state index is -5.08. The largest absolute Gasteiger partial charge is 0.490 e. The fraction of sp³-hybridized carbons (Fsp3) is 0.318. The molecule has 1 atom stereocenters. The molecule has 8 heteroatoms. The van der Waals surface area contributed by atoms with E-state index in [1.54, 1.807) is 0 Å². The molecule has 2 N–H and O–H groups in total. The van der Waals surface area contributed by atoms with Gasteiger partial charge in [-0.1, -0.05) is 36.4 Å². The van der Waals surface area contributed by atoms with Crippen LogP contribution in [-0.4, -0.2) is 46.5 Å². The van der Waals surface area contributed by atoms with E-state index in [-0.39, 0.29) is 6.61 Å². The third kappa shape index (κ3) is 5.40. The van der Waals surface area contributed by atoms with Gasteiger partial charge in [-0.05, 0) is 43.1 Å². The van der Waals surface area contributed by atoms with E-state index >= 15 is 0 Å². The quantitative estimate of drug-likeness (QED) is 0.639. The van der Waals surface area contributed by atoms with Crippen molar-refractivity contribution in [2.24, 2.45) is 0 Å². The molecule has 0 aliphatic carbocycles. The number of halogens is 3. The van der Waals surface area contributed by atoms with Crippen molar-refractivity contribution < 1.29 is 32.6 Å². The molecule has 0 spiro atoms. The highest BCUT2D eigenvalue weighted by molar-refractivity contribution is 5.82. The van der Waals surface area contributed by atoms with E-state index in [1.807, 2.05) is 18.2 Å². The van der Waals surface area contributed by atoms with E-state index in [2.05, 4.69) is 41.3 Å². The second kappa shape index (κ2) is 9.32. The van der Waals surface area contributed by atoms with E-state index in [4.69, 9.17) is 14.3 Å². The maximum atomic E-state index is 10.6. The first-order chi connectivity index (χ1) is 14.3. The van der Waals surface area contributed by atoms with Gasteiger partial charge in [0.15, 0.2) is 0 Å². The molecule has 5 nitrogen and oxygen atoms in total. The number of carbonyl (C=O) groups is 1. The van der Waals surface area contributed by atoms with Crippen LogP contribution in [0.15, 0.2) is 59.0 Å². The van der Waals surface area contributed by atoms with Crippen molar-refractivity contribution in [1.82, 2.24) is 4.90 Å². The molecule has 1 aliphatic heterocycles. The molecule has 2 aromatic carbocycles. The average Bonchev–Trinajstić information content (AvgIpc) is 3.34. The number of carboxylic acids is 1. The molecule has 1 aliphatic rings. The van der Waals surface area contributed by atoms with Crippen molar-refractivity contribution >= 4 is 16.9 Å². The van der Waals surface area contributed by atoms with Crippen molar-refractivity contribution in [3.05, 3.63) is 60.2 Å². The van der Waals surface area contributed by atoms with E-state index in [9.17, 15) is 18.3 Å². The lowest BCUT2D eigenvalue weighted by Gasteiger charge is -2.22. The highest BCUT2D eigenvalue weighted by atomic mass is 19.4. The van der Waals surface area contributed by atoms with Crippen LogP contribution in [0.25, 0.3) is 22.3 Å². The Kier molecular flexibility index (Phi) is 6.79.